The first kappa shape index (κ1) is 12.6. The highest BCUT2D eigenvalue weighted by Gasteiger charge is 1.93. The minimum absolute atomic E-state index is 0.275. The van der Waals surface area contributed by atoms with Crippen LogP contribution in [0.2, 0.25) is 0 Å². The van der Waals surface area contributed by atoms with Gasteiger partial charge in [-0.2, -0.15) is 0 Å². The van der Waals surface area contributed by atoms with Gasteiger partial charge in [-0.05, 0) is 25.6 Å². The zero-order chi connectivity index (χ0) is 9.94. The minimum Gasteiger partial charge on any atom is -0.382 e. The molecule has 5 heteroatoms. The van der Waals surface area contributed by atoms with E-state index in [2.05, 4.69) is 10.6 Å². The molecule has 0 aliphatic rings. The topological polar surface area (TPSA) is 33.3 Å². The predicted molar refractivity (Wildman–Crippen MR) is 55.7 cm³/mol. The first-order valence-corrected chi connectivity index (χ1v) is 4.87. The minimum atomic E-state index is -0.402. The number of hydrogen-bond donors (Lipinski definition) is 2. The van der Waals surface area contributed by atoms with Crippen molar-refractivity contribution in [3.05, 3.63) is 0 Å². The van der Waals surface area contributed by atoms with Gasteiger partial charge in [0.15, 0.2) is 5.11 Å². The van der Waals surface area contributed by atoms with E-state index in [0.717, 1.165) is 26.2 Å². The van der Waals surface area contributed by atoms with Gasteiger partial charge in [-0.1, -0.05) is 0 Å². The van der Waals surface area contributed by atoms with Gasteiger partial charge in [0.25, 0.3) is 0 Å². The van der Waals surface area contributed by atoms with Crippen molar-refractivity contribution in [2.24, 2.45) is 0 Å². The Hall–Kier alpha value is -0.420. The molecule has 0 saturated carbocycles. The summed E-state index contributed by atoms with van der Waals surface area (Å²) in [6, 6.07) is 0. The fourth-order valence-electron chi connectivity index (χ4n) is 0.744. The molecule has 0 aromatic rings. The molecule has 0 aliphatic heterocycles. The molecule has 0 atom stereocenters. The van der Waals surface area contributed by atoms with Crippen LogP contribution in [-0.2, 0) is 4.74 Å². The van der Waals surface area contributed by atoms with Gasteiger partial charge < -0.3 is 15.4 Å². The summed E-state index contributed by atoms with van der Waals surface area (Å²) in [4.78, 5) is 0. The Balaban J connectivity index is 3.08. The summed E-state index contributed by atoms with van der Waals surface area (Å²) in [5.41, 5.74) is 0. The molecule has 0 aromatic carbocycles. The number of rotatable bonds is 7. The van der Waals surface area contributed by atoms with Crippen molar-refractivity contribution in [2.75, 3.05) is 33.0 Å². The molecule has 0 rings (SSSR count). The van der Waals surface area contributed by atoms with Gasteiger partial charge in [-0.3, -0.25) is 0 Å². The van der Waals surface area contributed by atoms with Gasteiger partial charge >= 0.3 is 0 Å². The van der Waals surface area contributed by atoms with E-state index in [1.165, 1.54) is 0 Å². The molecule has 0 saturated heterocycles. The molecule has 0 aromatic heterocycles. The normalized spacial score (nSPS) is 9.69. The van der Waals surface area contributed by atoms with Gasteiger partial charge in [-0.15, -0.1) is 0 Å². The van der Waals surface area contributed by atoms with Crippen molar-refractivity contribution in [3.63, 3.8) is 0 Å². The summed E-state index contributed by atoms with van der Waals surface area (Å²) in [5.74, 6) is 0. The second-order valence-corrected chi connectivity index (χ2v) is 2.83. The van der Waals surface area contributed by atoms with Crippen molar-refractivity contribution >= 4 is 17.3 Å². The van der Waals surface area contributed by atoms with E-state index in [1.54, 1.807) is 0 Å². The average molecular weight is 208 g/mol. The van der Waals surface area contributed by atoms with Crippen molar-refractivity contribution in [1.82, 2.24) is 10.6 Å². The lowest BCUT2D eigenvalue weighted by molar-refractivity contribution is 0.145. The highest BCUT2D eigenvalue weighted by Crippen LogP contribution is 1.80. The van der Waals surface area contributed by atoms with Crippen molar-refractivity contribution in [1.29, 1.82) is 0 Å². The molecule has 0 heterocycles. The summed E-state index contributed by atoms with van der Waals surface area (Å²) in [7, 11) is 0. The SMILES string of the molecule is CCOCCCNC(=S)NCCF. The summed E-state index contributed by atoms with van der Waals surface area (Å²) < 4.78 is 16.8. The number of alkyl halides is 1. The Kier molecular flexibility index (Phi) is 9.35. The molecular weight excluding hydrogens is 191 g/mol. The molecule has 3 nitrogen and oxygen atoms in total. The predicted octanol–water partition coefficient (Wildman–Crippen LogP) is 0.847. The third kappa shape index (κ3) is 9.49. The maximum absolute atomic E-state index is 11.7. The van der Waals surface area contributed by atoms with Gasteiger partial charge in [0.2, 0.25) is 0 Å². The van der Waals surface area contributed by atoms with Crippen LogP contribution in [0, 0.1) is 0 Å². The van der Waals surface area contributed by atoms with Crippen LogP contribution in [0.15, 0.2) is 0 Å². The Morgan fingerprint density at radius 3 is 2.69 bits per heavy atom. The molecule has 0 bridgehead atoms. The summed E-state index contributed by atoms with van der Waals surface area (Å²) in [6.07, 6.45) is 0.908. The highest BCUT2D eigenvalue weighted by molar-refractivity contribution is 7.80. The van der Waals surface area contributed by atoms with E-state index in [9.17, 15) is 4.39 Å². The lowest BCUT2D eigenvalue weighted by Crippen LogP contribution is -2.37. The number of halogens is 1. The van der Waals surface area contributed by atoms with Gasteiger partial charge in [0, 0.05) is 26.3 Å². The van der Waals surface area contributed by atoms with E-state index in [-0.39, 0.29) is 6.54 Å². The molecule has 78 valence electrons. The van der Waals surface area contributed by atoms with Crippen LogP contribution >= 0.6 is 12.2 Å². The van der Waals surface area contributed by atoms with Crippen molar-refractivity contribution < 1.29 is 9.13 Å². The van der Waals surface area contributed by atoms with Crippen molar-refractivity contribution in [2.45, 2.75) is 13.3 Å². The van der Waals surface area contributed by atoms with E-state index in [4.69, 9.17) is 17.0 Å². The summed E-state index contributed by atoms with van der Waals surface area (Å²) in [6.45, 7) is 4.07. The number of thiocarbonyl (C=S) groups is 1. The van der Waals surface area contributed by atoms with Gasteiger partial charge in [0.05, 0.1) is 0 Å². The zero-order valence-corrected chi connectivity index (χ0v) is 8.75. The lowest BCUT2D eigenvalue weighted by Gasteiger charge is -2.08. The molecule has 0 unspecified atom stereocenters. The first-order chi connectivity index (χ1) is 6.31. The van der Waals surface area contributed by atoms with Gasteiger partial charge in [0.1, 0.15) is 6.67 Å². The number of hydrogen-bond acceptors (Lipinski definition) is 2. The van der Waals surface area contributed by atoms with Crippen LogP contribution in [-0.4, -0.2) is 38.1 Å². The average Bonchev–Trinajstić information content (AvgIpc) is 2.14. The third-order valence-corrected chi connectivity index (χ3v) is 1.62. The van der Waals surface area contributed by atoms with E-state index in [0.29, 0.717) is 5.11 Å². The second-order valence-electron chi connectivity index (χ2n) is 2.42. The Morgan fingerprint density at radius 2 is 2.08 bits per heavy atom. The molecule has 0 fully saturated rings. The lowest BCUT2D eigenvalue weighted by atomic mass is 10.4. The first-order valence-electron chi connectivity index (χ1n) is 4.46. The summed E-state index contributed by atoms with van der Waals surface area (Å²) in [5, 5.41) is 6.19. The zero-order valence-electron chi connectivity index (χ0n) is 7.94. The van der Waals surface area contributed by atoms with E-state index >= 15 is 0 Å². The molecule has 0 spiro atoms. The Morgan fingerprint density at radius 1 is 1.38 bits per heavy atom. The maximum Gasteiger partial charge on any atom is 0.166 e. The number of nitrogens with one attached hydrogen (secondary N) is 2. The maximum atomic E-state index is 11.7. The third-order valence-electron chi connectivity index (χ3n) is 1.34. The fraction of sp³-hybridized carbons (Fsp3) is 0.875. The largest absolute Gasteiger partial charge is 0.382 e. The van der Waals surface area contributed by atoms with Crippen LogP contribution < -0.4 is 10.6 Å². The van der Waals surface area contributed by atoms with Crippen LogP contribution in [0.25, 0.3) is 0 Å². The van der Waals surface area contributed by atoms with Gasteiger partial charge in [-0.25, -0.2) is 4.39 Å². The van der Waals surface area contributed by atoms with E-state index in [1.807, 2.05) is 6.92 Å². The van der Waals surface area contributed by atoms with Crippen LogP contribution in [0.3, 0.4) is 0 Å². The molecular formula is C8H17FN2OS. The fourth-order valence-corrected chi connectivity index (χ4v) is 0.948. The second kappa shape index (κ2) is 9.67. The van der Waals surface area contributed by atoms with Crippen LogP contribution in [0.4, 0.5) is 4.39 Å². The smallest absolute Gasteiger partial charge is 0.166 e. The van der Waals surface area contributed by atoms with E-state index < -0.39 is 6.67 Å². The molecule has 13 heavy (non-hydrogen) atoms. The summed E-state index contributed by atoms with van der Waals surface area (Å²) >= 11 is 4.87. The van der Waals surface area contributed by atoms with Crippen molar-refractivity contribution in [3.8, 4) is 0 Å². The molecule has 0 aliphatic carbocycles. The highest BCUT2D eigenvalue weighted by atomic mass is 32.1. The van der Waals surface area contributed by atoms with Crippen LogP contribution in [0.1, 0.15) is 13.3 Å². The van der Waals surface area contributed by atoms with Crippen LogP contribution in [0.5, 0.6) is 0 Å². The number of ether oxygens (including phenoxy) is 1. The Labute approximate surface area is 84.0 Å². The molecule has 0 radical (unpaired) electrons. The molecule has 0 amide bonds. The quantitative estimate of drug-likeness (QED) is 0.480. The standard InChI is InChI=1S/C8H17FN2OS/c1-2-12-7-3-5-10-8(13)11-6-4-9/h2-7H2,1H3,(H2,10,11,13). The monoisotopic (exact) mass is 208 g/mol. The Bertz CT molecular complexity index is 135. The molecule has 2 N–H and O–H groups in total.